The van der Waals surface area contributed by atoms with Crippen molar-refractivity contribution < 1.29 is 4.79 Å². The van der Waals surface area contributed by atoms with Crippen LogP contribution >= 0.6 is 11.3 Å². The summed E-state index contributed by atoms with van der Waals surface area (Å²) < 4.78 is 0. The Hall–Kier alpha value is -1.72. The van der Waals surface area contributed by atoms with Crippen molar-refractivity contribution in [2.75, 3.05) is 18.4 Å². The van der Waals surface area contributed by atoms with E-state index in [0.29, 0.717) is 6.42 Å². The van der Waals surface area contributed by atoms with E-state index in [1.807, 2.05) is 31.2 Å². The molecule has 130 valence electrons. The molecule has 1 heterocycles. The Labute approximate surface area is 148 Å². The third-order valence-corrected chi connectivity index (χ3v) is 4.80. The molecule has 0 radical (unpaired) electrons. The Bertz CT molecular complexity index is 636. The molecule has 0 spiro atoms. The minimum Gasteiger partial charge on any atom is -0.326 e. The minimum absolute atomic E-state index is 0.0157. The lowest BCUT2D eigenvalue weighted by Crippen LogP contribution is -2.24. The number of hydrogen-bond donors (Lipinski definition) is 1. The third-order valence-electron chi connectivity index (χ3n) is 3.91. The molecule has 1 amide bonds. The zero-order chi connectivity index (χ0) is 17.4. The first-order valence-electron chi connectivity index (χ1n) is 8.62. The Balaban J connectivity index is 1.86. The van der Waals surface area contributed by atoms with Crippen LogP contribution in [0, 0.1) is 6.92 Å². The molecule has 5 heteroatoms. The summed E-state index contributed by atoms with van der Waals surface area (Å²) in [6.07, 6.45) is 2.75. The molecule has 0 unspecified atom stereocenters. The van der Waals surface area contributed by atoms with E-state index >= 15 is 0 Å². The molecule has 0 saturated heterocycles. The van der Waals surface area contributed by atoms with E-state index in [1.165, 1.54) is 18.4 Å². The van der Waals surface area contributed by atoms with Crippen LogP contribution in [0.3, 0.4) is 0 Å². The fourth-order valence-electron chi connectivity index (χ4n) is 2.44. The van der Waals surface area contributed by atoms with Gasteiger partial charge in [-0.2, -0.15) is 0 Å². The van der Waals surface area contributed by atoms with E-state index in [1.54, 1.807) is 11.3 Å². The quantitative estimate of drug-likeness (QED) is 0.739. The van der Waals surface area contributed by atoms with Gasteiger partial charge in [0.05, 0.1) is 12.1 Å². The van der Waals surface area contributed by atoms with Gasteiger partial charge in [0.2, 0.25) is 5.91 Å². The van der Waals surface area contributed by atoms with Gasteiger partial charge in [0.1, 0.15) is 5.01 Å². The van der Waals surface area contributed by atoms with Crippen molar-refractivity contribution >= 4 is 22.9 Å². The second-order valence-corrected chi connectivity index (χ2v) is 6.99. The average Bonchev–Trinajstić information content (AvgIpc) is 3.00. The Morgan fingerprint density at radius 1 is 1.25 bits per heavy atom. The maximum atomic E-state index is 12.1. The lowest BCUT2D eigenvalue weighted by molar-refractivity contribution is -0.115. The van der Waals surface area contributed by atoms with Gasteiger partial charge in [-0.05, 0) is 38.6 Å². The molecule has 0 bridgehead atoms. The highest BCUT2D eigenvalue weighted by molar-refractivity contribution is 7.09. The Morgan fingerprint density at radius 2 is 2.00 bits per heavy atom. The molecule has 1 aromatic heterocycles. The molecule has 0 atom stereocenters. The van der Waals surface area contributed by atoms with Gasteiger partial charge in [0.25, 0.3) is 0 Å². The number of aromatic nitrogens is 1. The fourth-order valence-corrected chi connectivity index (χ4v) is 3.23. The maximum Gasteiger partial charge on any atom is 0.231 e. The van der Waals surface area contributed by atoms with Gasteiger partial charge in [-0.3, -0.25) is 9.69 Å². The zero-order valence-electron chi connectivity index (χ0n) is 14.8. The van der Waals surface area contributed by atoms with Crippen molar-refractivity contribution in [3.8, 4) is 0 Å². The number of amides is 1. The summed E-state index contributed by atoms with van der Waals surface area (Å²) in [7, 11) is 0. The number of anilines is 1. The van der Waals surface area contributed by atoms with E-state index in [4.69, 9.17) is 0 Å². The first-order chi connectivity index (χ1) is 11.6. The van der Waals surface area contributed by atoms with E-state index in [-0.39, 0.29) is 5.91 Å². The van der Waals surface area contributed by atoms with E-state index in [0.717, 1.165) is 36.0 Å². The van der Waals surface area contributed by atoms with Crippen LogP contribution < -0.4 is 5.32 Å². The number of nitrogens with zero attached hydrogens (tertiary/aromatic N) is 2. The van der Waals surface area contributed by atoms with Crippen LogP contribution in [0.4, 0.5) is 5.69 Å². The number of carbonyl (C=O) groups is 1. The largest absolute Gasteiger partial charge is 0.326 e. The van der Waals surface area contributed by atoms with Gasteiger partial charge in [-0.25, -0.2) is 4.98 Å². The van der Waals surface area contributed by atoms with E-state index in [2.05, 4.69) is 34.4 Å². The summed E-state index contributed by atoms with van der Waals surface area (Å²) in [4.78, 5) is 19.2. The van der Waals surface area contributed by atoms with Crippen LogP contribution in [-0.4, -0.2) is 28.9 Å². The van der Waals surface area contributed by atoms with Crippen molar-refractivity contribution in [2.45, 2.75) is 46.6 Å². The van der Waals surface area contributed by atoms with Gasteiger partial charge in [0.15, 0.2) is 0 Å². The SMILES string of the molecule is CCCCN(CC)Cc1csc(CC(=O)Nc2ccc(C)cc2)n1. The van der Waals surface area contributed by atoms with E-state index in [9.17, 15) is 4.79 Å². The third kappa shape index (κ3) is 6.06. The average molecular weight is 346 g/mol. The molecule has 0 fully saturated rings. The highest BCUT2D eigenvalue weighted by atomic mass is 32.1. The molecule has 0 saturated carbocycles. The van der Waals surface area contributed by atoms with Gasteiger partial charge in [-0.15, -0.1) is 11.3 Å². The lowest BCUT2D eigenvalue weighted by Gasteiger charge is -2.18. The normalized spacial score (nSPS) is 11.0. The molecule has 2 rings (SSSR count). The second-order valence-electron chi connectivity index (χ2n) is 6.05. The summed E-state index contributed by atoms with van der Waals surface area (Å²) in [5.41, 5.74) is 3.08. The predicted molar refractivity (Wildman–Crippen MR) is 101 cm³/mol. The predicted octanol–water partition coefficient (Wildman–Crippen LogP) is 4.25. The van der Waals surface area contributed by atoms with Gasteiger partial charge in [0, 0.05) is 17.6 Å². The van der Waals surface area contributed by atoms with Crippen molar-refractivity contribution in [1.82, 2.24) is 9.88 Å². The number of carbonyl (C=O) groups excluding carboxylic acids is 1. The van der Waals surface area contributed by atoms with Crippen molar-refractivity contribution in [3.63, 3.8) is 0 Å². The molecule has 4 nitrogen and oxygen atoms in total. The number of aryl methyl sites for hydroxylation is 1. The summed E-state index contributed by atoms with van der Waals surface area (Å²) >= 11 is 1.57. The molecule has 0 aliphatic heterocycles. The highest BCUT2D eigenvalue weighted by Crippen LogP contribution is 2.14. The lowest BCUT2D eigenvalue weighted by atomic mass is 10.2. The van der Waals surface area contributed by atoms with Crippen molar-refractivity contribution in [3.05, 3.63) is 45.9 Å². The fraction of sp³-hybridized carbons (Fsp3) is 0.474. The molecule has 0 aliphatic rings. The smallest absolute Gasteiger partial charge is 0.231 e. The van der Waals surface area contributed by atoms with Crippen LogP contribution in [0.1, 0.15) is 43.0 Å². The molecule has 24 heavy (non-hydrogen) atoms. The molecule has 1 aromatic carbocycles. The molecule has 1 N–H and O–H groups in total. The maximum absolute atomic E-state index is 12.1. The number of thiazole rings is 1. The van der Waals surface area contributed by atoms with Crippen LogP contribution in [0.5, 0.6) is 0 Å². The highest BCUT2D eigenvalue weighted by Gasteiger charge is 2.10. The summed E-state index contributed by atoms with van der Waals surface area (Å²) in [6, 6.07) is 7.83. The number of benzene rings is 1. The van der Waals surface area contributed by atoms with Crippen molar-refractivity contribution in [1.29, 1.82) is 0 Å². The molecule has 2 aromatic rings. The number of nitrogens with one attached hydrogen (secondary N) is 1. The molecule has 0 aliphatic carbocycles. The van der Waals surface area contributed by atoms with Crippen LogP contribution in [0.15, 0.2) is 29.6 Å². The Morgan fingerprint density at radius 3 is 2.67 bits per heavy atom. The summed E-state index contributed by atoms with van der Waals surface area (Å²) in [5.74, 6) is -0.0157. The number of unbranched alkanes of at least 4 members (excludes halogenated alkanes) is 1. The van der Waals surface area contributed by atoms with Crippen LogP contribution in [0.2, 0.25) is 0 Å². The molecular weight excluding hydrogens is 318 g/mol. The van der Waals surface area contributed by atoms with Crippen molar-refractivity contribution in [2.24, 2.45) is 0 Å². The number of rotatable bonds is 9. The summed E-state index contributed by atoms with van der Waals surface area (Å²) in [6.45, 7) is 9.42. The van der Waals surface area contributed by atoms with Gasteiger partial charge >= 0.3 is 0 Å². The standard InChI is InChI=1S/C19H27N3OS/c1-4-6-11-22(5-2)13-17-14-24-19(21-17)12-18(23)20-16-9-7-15(3)8-10-16/h7-10,14H,4-6,11-13H2,1-3H3,(H,20,23). The topological polar surface area (TPSA) is 45.2 Å². The summed E-state index contributed by atoms with van der Waals surface area (Å²) in [5, 5.41) is 5.87. The van der Waals surface area contributed by atoms with E-state index < -0.39 is 0 Å². The van der Waals surface area contributed by atoms with Crippen LogP contribution in [0.25, 0.3) is 0 Å². The Kier molecular flexibility index (Phi) is 7.40. The number of hydrogen-bond acceptors (Lipinski definition) is 4. The zero-order valence-corrected chi connectivity index (χ0v) is 15.7. The second kappa shape index (κ2) is 9.55. The molecular formula is C19H27N3OS. The van der Waals surface area contributed by atoms with Gasteiger partial charge < -0.3 is 5.32 Å². The van der Waals surface area contributed by atoms with Crippen LogP contribution in [-0.2, 0) is 17.8 Å². The first kappa shape index (κ1) is 18.6. The van der Waals surface area contributed by atoms with Gasteiger partial charge in [-0.1, -0.05) is 38.0 Å². The first-order valence-corrected chi connectivity index (χ1v) is 9.50. The minimum atomic E-state index is -0.0157. The monoisotopic (exact) mass is 345 g/mol.